The highest BCUT2D eigenvalue weighted by molar-refractivity contribution is 8.00. The molecule has 0 spiro atoms. The van der Waals surface area contributed by atoms with Crippen LogP contribution < -0.4 is 27.0 Å². The Labute approximate surface area is 320 Å². The zero-order valence-corrected chi connectivity index (χ0v) is 32.3. The molecule has 0 unspecified atom stereocenters. The number of primary amides is 1. The van der Waals surface area contributed by atoms with Gasteiger partial charge in [-0.2, -0.15) is 0 Å². The Morgan fingerprint density at radius 3 is 1.52 bits per heavy atom. The van der Waals surface area contributed by atoms with Gasteiger partial charge >= 0.3 is 12.1 Å². The van der Waals surface area contributed by atoms with Gasteiger partial charge in [-0.15, -0.1) is 11.8 Å². The highest BCUT2D eigenvalue weighted by Gasteiger charge is 2.39. The minimum atomic E-state index is -1.52. The molecular formula is C40H51N5O8S. The zero-order chi connectivity index (χ0) is 40.1. The fourth-order valence-electron chi connectivity index (χ4n) is 5.66. The van der Waals surface area contributed by atoms with Crippen LogP contribution in [0.15, 0.2) is 91.0 Å². The van der Waals surface area contributed by atoms with Crippen LogP contribution in [0.5, 0.6) is 0 Å². The summed E-state index contributed by atoms with van der Waals surface area (Å²) < 4.78 is 4.65. The van der Waals surface area contributed by atoms with Crippen molar-refractivity contribution in [2.45, 2.75) is 88.9 Å². The number of carbonyl (C=O) groups is 6. The van der Waals surface area contributed by atoms with Crippen molar-refractivity contribution in [2.24, 2.45) is 11.7 Å². The highest BCUT2D eigenvalue weighted by atomic mass is 32.2. The van der Waals surface area contributed by atoms with Gasteiger partial charge in [0.05, 0.1) is 11.2 Å². The monoisotopic (exact) mass is 761 g/mol. The second kappa shape index (κ2) is 19.6. The van der Waals surface area contributed by atoms with Crippen LogP contribution in [0.25, 0.3) is 0 Å². The number of carboxylic acids is 1. The number of carbonyl (C=O) groups excluding carboxylic acids is 5. The van der Waals surface area contributed by atoms with E-state index in [4.69, 9.17) is 10.5 Å². The minimum Gasteiger partial charge on any atom is -0.480 e. The van der Waals surface area contributed by atoms with E-state index in [2.05, 4.69) is 21.3 Å². The predicted molar refractivity (Wildman–Crippen MR) is 207 cm³/mol. The summed E-state index contributed by atoms with van der Waals surface area (Å²) in [7, 11) is 0. The summed E-state index contributed by atoms with van der Waals surface area (Å²) in [6, 6.07) is 24.0. The van der Waals surface area contributed by atoms with Crippen LogP contribution in [-0.2, 0) is 33.5 Å². The normalized spacial score (nSPS) is 13.8. The second-order valence-corrected chi connectivity index (χ2v) is 15.5. The Kier molecular flexibility index (Phi) is 15.6. The number of carboxylic acid groups (broad SMARTS) is 1. The van der Waals surface area contributed by atoms with Gasteiger partial charge < -0.3 is 36.8 Å². The molecule has 14 heteroatoms. The molecule has 3 rings (SSSR count). The minimum absolute atomic E-state index is 0.0111. The first-order valence-electron chi connectivity index (χ1n) is 17.6. The lowest BCUT2D eigenvalue weighted by atomic mass is 9.84. The Hall–Kier alpha value is -5.37. The number of amides is 5. The molecule has 4 atom stereocenters. The fourth-order valence-corrected chi connectivity index (χ4v) is 7.22. The molecule has 7 N–H and O–H groups in total. The van der Waals surface area contributed by atoms with Gasteiger partial charge in [-0.1, -0.05) is 105 Å². The van der Waals surface area contributed by atoms with Crippen LogP contribution in [0.3, 0.4) is 0 Å². The summed E-state index contributed by atoms with van der Waals surface area (Å²) in [6.45, 7) is 9.99. The Bertz CT molecular complexity index is 1640. The summed E-state index contributed by atoms with van der Waals surface area (Å²) >= 11 is 1.41. The van der Waals surface area contributed by atoms with Crippen molar-refractivity contribution in [3.05, 3.63) is 108 Å². The van der Waals surface area contributed by atoms with Crippen LogP contribution in [0, 0.1) is 5.92 Å². The zero-order valence-electron chi connectivity index (χ0n) is 31.5. The maximum atomic E-state index is 14.0. The molecule has 0 fully saturated rings. The summed E-state index contributed by atoms with van der Waals surface area (Å²) in [4.78, 5) is 77.2. The molecule has 3 aromatic carbocycles. The fraction of sp³-hybridized carbons (Fsp3) is 0.400. The molecule has 0 aliphatic rings. The first-order chi connectivity index (χ1) is 25.4. The molecule has 54 heavy (non-hydrogen) atoms. The molecule has 290 valence electrons. The highest BCUT2D eigenvalue weighted by Crippen LogP contribution is 2.48. The number of ether oxygens (including phenoxy) is 1. The third-order valence-electron chi connectivity index (χ3n) is 8.13. The van der Waals surface area contributed by atoms with E-state index in [1.165, 1.54) is 18.7 Å². The molecular weight excluding hydrogens is 711 g/mol. The van der Waals surface area contributed by atoms with E-state index in [1.807, 2.05) is 91.0 Å². The number of nitrogens with one attached hydrogen (secondary N) is 4. The van der Waals surface area contributed by atoms with E-state index < -0.39 is 76.6 Å². The van der Waals surface area contributed by atoms with Gasteiger partial charge in [0, 0.05) is 5.75 Å². The lowest BCUT2D eigenvalue weighted by molar-refractivity contribution is -0.143. The van der Waals surface area contributed by atoms with Gasteiger partial charge in [0.25, 0.3) is 0 Å². The molecule has 0 aliphatic heterocycles. The number of nitrogens with two attached hydrogens (primary N) is 1. The van der Waals surface area contributed by atoms with Gasteiger partial charge in [-0.25, -0.2) is 9.59 Å². The summed E-state index contributed by atoms with van der Waals surface area (Å²) in [5.74, 6) is -4.76. The first-order valence-corrected chi connectivity index (χ1v) is 18.6. The first kappa shape index (κ1) is 43.0. The SMILES string of the molecule is CC(C)C[C@H](NC(=O)[C@H](CC(N)=O)NC(=O)[C@H](C)NC(=O)[C@H](CSC(c1ccccc1)(c1ccccc1)c1ccccc1)NC(=O)OC(C)(C)C)C(=O)O. The van der Waals surface area contributed by atoms with Crippen LogP contribution in [0.1, 0.15) is 71.1 Å². The molecule has 0 saturated carbocycles. The molecule has 0 aliphatic carbocycles. The summed E-state index contributed by atoms with van der Waals surface area (Å²) in [5.41, 5.74) is 7.25. The molecule has 5 amide bonds. The number of rotatable bonds is 18. The van der Waals surface area contributed by atoms with Gasteiger partial charge in [0.15, 0.2) is 0 Å². The van der Waals surface area contributed by atoms with Crippen LogP contribution in [-0.4, -0.2) is 76.3 Å². The molecule has 0 aromatic heterocycles. The standard InChI is InChI=1S/C40H51N5O8S/c1-25(2)22-31(37(50)51)44-35(48)30(23-33(41)46)43-34(47)26(3)42-36(49)32(45-38(52)53-39(4,5)6)24-54-40(27-16-10-7-11-17-27,28-18-12-8-13-19-28)29-20-14-9-15-21-29/h7-21,25-26,30-32H,22-24H2,1-6H3,(H2,41,46)(H,42,49)(H,43,47)(H,44,48)(H,45,52)(H,50,51)/t26-,30-,31-,32-/m0/s1. The number of alkyl carbamates (subject to hydrolysis) is 1. The van der Waals surface area contributed by atoms with E-state index >= 15 is 0 Å². The lowest BCUT2D eigenvalue weighted by Crippen LogP contribution is -2.58. The third-order valence-corrected chi connectivity index (χ3v) is 9.77. The Morgan fingerprint density at radius 1 is 0.667 bits per heavy atom. The van der Waals surface area contributed by atoms with Crippen molar-refractivity contribution in [2.75, 3.05) is 5.75 Å². The van der Waals surface area contributed by atoms with Crippen molar-refractivity contribution in [3.8, 4) is 0 Å². The molecule has 0 saturated heterocycles. The molecule has 3 aromatic rings. The van der Waals surface area contributed by atoms with Crippen molar-refractivity contribution in [1.29, 1.82) is 0 Å². The van der Waals surface area contributed by atoms with E-state index in [0.717, 1.165) is 16.7 Å². The van der Waals surface area contributed by atoms with Gasteiger partial charge in [-0.05, 0) is 56.7 Å². The maximum Gasteiger partial charge on any atom is 0.408 e. The van der Waals surface area contributed by atoms with Crippen molar-refractivity contribution in [1.82, 2.24) is 21.3 Å². The summed E-state index contributed by atoms with van der Waals surface area (Å²) in [6.07, 6.45) is -1.36. The number of aliphatic carboxylic acids is 1. The van der Waals surface area contributed by atoms with Crippen LogP contribution in [0.4, 0.5) is 4.79 Å². The number of hydrogen-bond donors (Lipinski definition) is 6. The van der Waals surface area contributed by atoms with Crippen LogP contribution >= 0.6 is 11.8 Å². The van der Waals surface area contributed by atoms with Crippen molar-refractivity contribution >= 4 is 47.5 Å². The predicted octanol–water partition coefficient (Wildman–Crippen LogP) is 4.09. The average Bonchev–Trinajstić information content (AvgIpc) is 3.10. The largest absolute Gasteiger partial charge is 0.480 e. The van der Waals surface area contributed by atoms with Crippen molar-refractivity contribution < 1.29 is 38.6 Å². The van der Waals surface area contributed by atoms with E-state index in [-0.39, 0.29) is 18.1 Å². The Balaban J connectivity index is 1.93. The number of benzene rings is 3. The molecule has 13 nitrogen and oxygen atoms in total. The number of hydrogen-bond acceptors (Lipinski definition) is 8. The van der Waals surface area contributed by atoms with Crippen molar-refractivity contribution in [3.63, 3.8) is 0 Å². The second-order valence-electron chi connectivity index (χ2n) is 14.3. The maximum absolute atomic E-state index is 14.0. The molecule has 0 heterocycles. The lowest BCUT2D eigenvalue weighted by Gasteiger charge is -2.36. The van der Waals surface area contributed by atoms with E-state index in [1.54, 1.807) is 34.6 Å². The van der Waals surface area contributed by atoms with Crippen LogP contribution in [0.2, 0.25) is 0 Å². The molecule has 0 bridgehead atoms. The van der Waals surface area contributed by atoms with E-state index in [0.29, 0.717) is 0 Å². The average molecular weight is 762 g/mol. The smallest absolute Gasteiger partial charge is 0.408 e. The summed E-state index contributed by atoms with van der Waals surface area (Å²) in [5, 5.41) is 19.6. The van der Waals surface area contributed by atoms with Gasteiger partial charge in [0.1, 0.15) is 29.8 Å². The Morgan fingerprint density at radius 2 is 1.11 bits per heavy atom. The molecule has 0 radical (unpaired) electrons. The van der Waals surface area contributed by atoms with Gasteiger partial charge in [-0.3, -0.25) is 19.2 Å². The van der Waals surface area contributed by atoms with Gasteiger partial charge in [0.2, 0.25) is 23.6 Å². The number of thioether (sulfide) groups is 1. The quantitative estimate of drug-likeness (QED) is 0.103. The topological polar surface area (TPSA) is 206 Å². The van der Waals surface area contributed by atoms with E-state index in [9.17, 15) is 33.9 Å². The third kappa shape index (κ3) is 12.6.